The van der Waals surface area contributed by atoms with Gasteiger partial charge in [0, 0.05) is 37.6 Å². The molecule has 1 fully saturated rings. The summed E-state index contributed by atoms with van der Waals surface area (Å²) >= 11 is 0. The number of tetrazole rings is 1. The van der Waals surface area contributed by atoms with Crippen molar-refractivity contribution in [1.82, 2.24) is 25.1 Å². The van der Waals surface area contributed by atoms with Gasteiger partial charge in [-0.15, -0.1) is 10.2 Å². The van der Waals surface area contributed by atoms with E-state index in [0.717, 1.165) is 0 Å². The Hall–Kier alpha value is -2.39. The van der Waals surface area contributed by atoms with Gasteiger partial charge in [-0.2, -0.15) is 4.80 Å². The number of aryl methyl sites for hydroxylation is 1. The molecule has 1 aromatic heterocycles. The Kier molecular flexibility index (Phi) is 5.89. The molecular weight excluding hydrogens is 341 g/mol. The van der Waals surface area contributed by atoms with E-state index in [2.05, 4.69) is 15.4 Å². The number of carbonyl (C=O) groups is 1. The molecule has 0 aliphatic carbocycles. The third-order valence-corrected chi connectivity index (χ3v) is 4.61. The van der Waals surface area contributed by atoms with Gasteiger partial charge in [-0.3, -0.25) is 4.79 Å². The van der Waals surface area contributed by atoms with Gasteiger partial charge in [-0.25, -0.2) is 4.39 Å². The number of β-amino-alcohol motifs (C(OH)–C–C–N with tert-alkyl or cyclic N) is 1. The van der Waals surface area contributed by atoms with E-state index in [1.165, 1.54) is 16.9 Å². The number of piperidine rings is 1. The van der Waals surface area contributed by atoms with E-state index in [4.69, 9.17) is 5.11 Å². The van der Waals surface area contributed by atoms with Crippen LogP contribution in [-0.2, 0) is 11.3 Å². The summed E-state index contributed by atoms with van der Waals surface area (Å²) in [6.45, 7) is 1.20. The molecule has 0 bridgehead atoms. The van der Waals surface area contributed by atoms with Crippen LogP contribution in [0, 0.1) is 11.7 Å². The normalized spacial score (nSPS) is 20.3. The summed E-state index contributed by atoms with van der Waals surface area (Å²) in [5.74, 6) is -0.0964. The molecule has 3 rings (SSSR count). The minimum atomic E-state index is -0.673. The molecule has 1 aliphatic heterocycles. The zero-order valence-electron chi connectivity index (χ0n) is 14.3. The predicted molar refractivity (Wildman–Crippen MR) is 90.2 cm³/mol. The van der Waals surface area contributed by atoms with Crippen LogP contribution in [0.3, 0.4) is 0 Å². The van der Waals surface area contributed by atoms with Gasteiger partial charge in [-0.05, 0) is 42.3 Å². The SMILES string of the molecule is O=C(CCCn1nnc(-c2ccc(F)cc2)n1)N1CC[C@H](CO)[C@H](O)C1. The first-order chi connectivity index (χ1) is 12.6. The van der Waals surface area contributed by atoms with Crippen molar-refractivity contribution in [3.63, 3.8) is 0 Å². The third kappa shape index (κ3) is 4.41. The predicted octanol–water partition coefficient (Wildman–Crippen LogP) is 0.461. The van der Waals surface area contributed by atoms with Crippen molar-refractivity contribution in [3.8, 4) is 11.4 Å². The fourth-order valence-corrected chi connectivity index (χ4v) is 3.00. The Bertz CT molecular complexity index is 736. The number of halogens is 1. The van der Waals surface area contributed by atoms with Gasteiger partial charge in [0.1, 0.15) is 5.82 Å². The summed E-state index contributed by atoms with van der Waals surface area (Å²) in [5.41, 5.74) is 0.675. The summed E-state index contributed by atoms with van der Waals surface area (Å²) in [7, 11) is 0. The number of carbonyl (C=O) groups excluding carboxylic acids is 1. The molecule has 2 atom stereocenters. The Morgan fingerprint density at radius 1 is 1.31 bits per heavy atom. The second-order valence-corrected chi connectivity index (χ2v) is 6.46. The average molecular weight is 363 g/mol. The van der Waals surface area contributed by atoms with Gasteiger partial charge < -0.3 is 15.1 Å². The summed E-state index contributed by atoms with van der Waals surface area (Å²) in [5, 5.41) is 31.2. The lowest BCUT2D eigenvalue weighted by molar-refractivity contribution is -0.136. The van der Waals surface area contributed by atoms with Crippen molar-refractivity contribution < 1.29 is 19.4 Å². The topological polar surface area (TPSA) is 104 Å². The minimum absolute atomic E-state index is 0.0284. The van der Waals surface area contributed by atoms with E-state index in [1.54, 1.807) is 17.0 Å². The third-order valence-electron chi connectivity index (χ3n) is 4.61. The highest BCUT2D eigenvalue weighted by molar-refractivity contribution is 5.76. The molecule has 0 unspecified atom stereocenters. The van der Waals surface area contributed by atoms with Crippen molar-refractivity contribution >= 4 is 5.91 Å². The summed E-state index contributed by atoms with van der Waals surface area (Å²) in [6.07, 6.45) is 0.806. The Morgan fingerprint density at radius 3 is 2.77 bits per heavy atom. The lowest BCUT2D eigenvalue weighted by Gasteiger charge is -2.35. The highest BCUT2D eigenvalue weighted by atomic mass is 19.1. The molecule has 26 heavy (non-hydrogen) atoms. The first-order valence-electron chi connectivity index (χ1n) is 8.67. The lowest BCUT2D eigenvalue weighted by atomic mass is 9.94. The van der Waals surface area contributed by atoms with Crippen LogP contribution < -0.4 is 0 Å². The van der Waals surface area contributed by atoms with Gasteiger partial charge in [0.05, 0.1) is 12.6 Å². The van der Waals surface area contributed by atoms with Crippen LogP contribution in [0.25, 0.3) is 11.4 Å². The van der Waals surface area contributed by atoms with Crippen molar-refractivity contribution in [2.75, 3.05) is 19.7 Å². The van der Waals surface area contributed by atoms with Crippen LogP contribution in [0.15, 0.2) is 24.3 Å². The molecule has 1 saturated heterocycles. The zero-order valence-corrected chi connectivity index (χ0v) is 14.3. The van der Waals surface area contributed by atoms with E-state index in [-0.39, 0.29) is 30.8 Å². The smallest absolute Gasteiger partial charge is 0.222 e. The number of benzene rings is 1. The first kappa shape index (κ1) is 18.4. The van der Waals surface area contributed by atoms with Crippen molar-refractivity contribution in [1.29, 1.82) is 0 Å². The van der Waals surface area contributed by atoms with E-state index >= 15 is 0 Å². The Labute approximate surface area is 150 Å². The highest BCUT2D eigenvalue weighted by Crippen LogP contribution is 2.18. The maximum Gasteiger partial charge on any atom is 0.222 e. The van der Waals surface area contributed by atoms with E-state index in [9.17, 15) is 14.3 Å². The maximum absolute atomic E-state index is 12.9. The molecule has 2 N–H and O–H groups in total. The van der Waals surface area contributed by atoms with Crippen LogP contribution in [0.2, 0.25) is 0 Å². The lowest BCUT2D eigenvalue weighted by Crippen LogP contribution is -2.47. The molecule has 2 aromatic rings. The molecule has 0 saturated carbocycles. The van der Waals surface area contributed by atoms with Crippen molar-refractivity contribution in [2.45, 2.75) is 31.9 Å². The molecule has 140 valence electrons. The Balaban J connectivity index is 1.46. The van der Waals surface area contributed by atoms with E-state index < -0.39 is 6.10 Å². The second kappa shape index (κ2) is 8.33. The number of aromatic nitrogens is 4. The summed E-state index contributed by atoms with van der Waals surface area (Å²) in [4.78, 5) is 15.3. The number of aliphatic hydroxyl groups excluding tert-OH is 2. The van der Waals surface area contributed by atoms with Gasteiger partial charge in [-0.1, -0.05) is 0 Å². The van der Waals surface area contributed by atoms with Gasteiger partial charge >= 0.3 is 0 Å². The molecule has 1 aliphatic rings. The number of aliphatic hydroxyl groups is 2. The van der Waals surface area contributed by atoms with Crippen LogP contribution >= 0.6 is 0 Å². The number of hydrogen-bond donors (Lipinski definition) is 2. The van der Waals surface area contributed by atoms with Crippen LogP contribution in [0.4, 0.5) is 4.39 Å². The highest BCUT2D eigenvalue weighted by Gasteiger charge is 2.29. The number of likely N-dealkylation sites (tertiary alicyclic amines) is 1. The number of rotatable bonds is 6. The number of nitrogens with zero attached hydrogens (tertiary/aromatic N) is 5. The summed E-state index contributed by atoms with van der Waals surface area (Å²) < 4.78 is 12.9. The fraction of sp³-hybridized carbons (Fsp3) is 0.529. The van der Waals surface area contributed by atoms with Crippen LogP contribution in [0.5, 0.6) is 0 Å². The molecule has 8 nitrogen and oxygen atoms in total. The summed E-state index contributed by atoms with van der Waals surface area (Å²) in [6, 6.07) is 5.84. The fourth-order valence-electron chi connectivity index (χ4n) is 3.00. The molecule has 0 radical (unpaired) electrons. The van der Waals surface area contributed by atoms with Crippen LogP contribution in [-0.4, -0.2) is 67.0 Å². The molecule has 1 amide bonds. The number of hydrogen-bond acceptors (Lipinski definition) is 6. The molecule has 1 aromatic carbocycles. The largest absolute Gasteiger partial charge is 0.396 e. The van der Waals surface area contributed by atoms with Gasteiger partial charge in [0.15, 0.2) is 0 Å². The minimum Gasteiger partial charge on any atom is -0.396 e. The quantitative estimate of drug-likeness (QED) is 0.773. The monoisotopic (exact) mass is 363 g/mol. The number of amides is 1. The maximum atomic E-state index is 12.9. The van der Waals surface area contributed by atoms with Crippen molar-refractivity contribution in [3.05, 3.63) is 30.1 Å². The first-order valence-corrected chi connectivity index (χ1v) is 8.67. The molecule has 2 heterocycles. The Morgan fingerprint density at radius 2 is 2.08 bits per heavy atom. The van der Waals surface area contributed by atoms with Crippen LogP contribution in [0.1, 0.15) is 19.3 Å². The van der Waals surface area contributed by atoms with Gasteiger partial charge in [0.2, 0.25) is 11.7 Å². The standard InChI is InChI=1S/C17H22FN5O3/c18-14-5-3-12(4-6-14)17-19-21-23(20-17)8-1-2-16(26)22-9-7-13(11-24)15(25)10-22/h3-6,13,15,24-25H,1-2,7-11H2/t13-,15-/m1/s1. The average Bonchev–Trinajstić information content (AvgIpc) is 3.11. The van der Waals surface area contributed by atoms with E-state index in [1.807, 2.05) is 0 Å². The molecular formula is C17H22FN5O3. The van der Waals surface area contributed by atoms with Crippen molar-refractivity contribution in [2.24, 2.45) is 5.92 Å². The molecule has 0 spiro atoms. The zero-order chi connectivity index (χ0) is 18.5. The molecule has 9 heteroatoms. The van der Waals surface area contributed by atoms with Gasteiger partial charge in [0.25, 0.3) is 0 Å². The van der Waals surface area contributed by atoms with E-state index in [0.29, 0.717) is 43.7 Å². The second-order valence-electron chi connectivity index (χ2n) is 6.46.